The van der Waals surface area contributed by atoms with Gasteiger partial charge in [0, 0.05) is 30.6 Å². The summed E-state index contributed by atoms with van der Waals surface area (Å²) in [7, 11) is 1.57. The van der Waals surface area contributed by atoms with Gasteiger partial charge >= 0.3 is 0 Å². The van der Waals surface area contributed by atoms with Crippen molar-refractivity contribution in [2.24, 2.45) is 0 Å². The SMILES string of the molecule is CCn1cnnc1CCC1CCCN1C(=O)c1cc(Cl)ccc1OC. The largest absolute Gasteiger partial charge is 0.496 e. The van der Waals surface area contributed by atoms with Gasteiger partial charge in [0.15, 0.2) is 0 Å². The zero-order valence-corrected chi connectivity index (χ0v) is 15.4. The average Bonchev–Trinajstić information content (AvgIpc) is 3.27. The molecule has 1 aliphatic rings. The molecule has 7 heteroatoms. The van der Waals surface area contributed by atoms with Gasteiger partial charge in [0.1, 0.15) is 17.9 Å². The van der Waals surface area contributed by atoms with Crippen LogP contribution in [0.25, 0.3) is 0 Å². The van der Waals surface area contributed by atoms with Gasteiger partial charge in [0.05, 0.1) is 12.7 Å². The number of benzene rings is 1. The summed E-state index contributed by atoms with van der Waals surface area (Å²) >= 11 is 6.08. The highest BCUT2D eigenvalue weighted by Gasteiger charge is 2.31. The Morgan fingerprint density at radius 1 is 1.44 bits per heavy atom. The van der Waals surface area contributed by atoms with Gasteiger partial charge in [-0.15, -0.1) is 10.2 Å². The average molecular weight is 363 g/mol. The standard InChI is InChI=1S/C18H23ClN4O2/c1-3-22-12-20-21-17(22)9-7-14-5-4-10-23(14)18(24)15-11-13(19)6-8-16(15)25-2/h6,8,11-12,14H,3-5,7,9-10H2,1-2H3. The molecular formula is C18H23ClN4O2. The van der Waals surface area contributed by atoms with Gasteiger partial charge in [-0.2, -0.15) is 0 Å². The number of aromatic nitrogens is 3. The molecule has 1 aliphatic heterocycles. The lowest BCUT2D eigenvalue weighted by atomic mass is 10.1. The topological polar surface area (TPSA) is 60.2 Å². The van der Waals surface area contributed by atoms with E-state index < -0.39 is 0 Å². The van der Waals surface area contributed by atoms with Gasteiger partial charge in [0.2, 0.25) is 0 Å². The molecule has 0 radical (unpaired) electrons. The highest BCUT2D eigenvalue weighted by atomic mass is 35.5. The Hall–Kier alpha value is -2.08. The minimum absolute atomic E-state index is 0.0150. The maximum absolute atomic E-state index is 13.0. The minimum atomic E-state index is -0.0150. The molecule has 0 saturated carbocycles. The van der Waals surface area contributed by atoms with Crippen LogP contribution in [0.2, 0.25) is 5.02 Å². The highest BCUT2D eigenvalue weighted by Crippen LogP contribution is 2.29. The van der Waals surface area contributed by atoms with E-state index in [4.69, 9.17) is 16.3 Å². The fourth-order valence-corrected chi connectivity index (χ4v) is 3.61. The van der Waals surface area contributed by atoms with Gasteiger partial charge in [-0.1, -0.05) is 11.6 Å². The lowest BCUT2D eigenvalue weighted by Crippen LogP contribution is -2.36. The fourth-order valence-electron chi connectivity index (χ4n) is 3.44. The number of carbonyl (C=O) groups is 1. The van der Waals surface area contributed by atoms with E-state index >= 15 is 0 Å². The molecule has 2 aromatic rings. The maximum Gasteiger partial charge on any atom is 0.257 e. The van der Waals surface area contributed by atoms with E-state index in [0.717, 1.165) is 44.6 Å². The van der Waals surface area contributed by atoms with Gasteiger partial charge in [-0.05, 0) is 44.4 Å². The predicted molar refractivity (Wildman–Crippen MR) is 96.1 cm³/mol. The van der Waals surface area contributed by atoms with Gasteiger partial charge < -0.3 is 14.2 Å². The Bertz CT molecular complexity index is 746. The molecule has 1 amide bonds. The molecule has 0 N–H and O–H groups in total. The fraction of sp³-hybridized carbons (Fsp3) is 0.500. The maximum atomic E-state index is 13.0. The second kappa shape index (κ2) is 7.87. The second-order valence-corrected chi connectivity index (χ2v) is 6.65. The predicted octanol–water partition coefficient (Wildman–Crippen LogP) is 3.20. The first-order valence-electron chi connectivity index (χ1n) is 8.65. The van der Waals surface area contributed by atoms with Crippen LogP contribution in [-0.4, -0.2) is 45.3 Å². The number of hydrogen-bond acceptors (Lipinski definition) is 4. The van der Waals surface area contributed by atoms with Crippen LogP contribution in [0.4, 0.5) is 0 Å². The second-order valence-electron chi connectivity index (χ2n) is 6.21. The summed E-state index contributed by atoms with van der Waals surface area (Å²) in [5.74, 6) is 1.52. The third-order valence-corrected chi connectivity index (χ3v) is 5.00. The summed E-state index contributed by atoms with van der Waals surface area (Å²) < 4.78 is 7.38. The van der Waals surface area contributed by atoms with Crippen LogP contribution in [0.3, 0.4) is 0 Å². The van der Waals surface area contributed by atoms with Crippen molar-refractivity contribution >= 4 is 17.5 Å². The molecule has 6 nitrogen and oxygen atoms in total. The Balaban J connectivity index is 1.73. The number of aryl methyl sites for hydroxylation is 2. The zero-order chi connectivity index (χ0) is 17.8. The summed E-state index contributed by atoms with van der Waals surface area (Å²) in [6.45, 7) is 3.69. The van der Waals surface area contributed by atoms with E-state index in [1.807, 2.05) is 9.47 Å². The molecule has 0 spiro atoms. The molecule has 0 bridgehead atoms. The highest BCUT2D eigenvalue weighted by molar-refractivity contribution is 6.31. The molecule has 1 saturated heterocycles. The quantitative estimate of drug-likeness (QED) is 0.791. The Labute approximate surface area is 152 Å². The van der Waals surface area contributed by atoms with Crippen LogP contribution in [0.5, 0.6) is 5.75 Å². The number of ether oxygens (including phenoxy) is 1. The summed E-state index contributed by atoms with van der Waals surface area (Å²) in [5.41, 5.74) is 0.527. The number of hydrogen-bond donors (Lipinski definition) is 0. The molecule has 1 atom stereocenters. The van der Waals surface area contributed by atoms with Crippen molar-refractivity contribution in [1.29, 1.82) is 0 Å². The third kappa shape index (κ3) is 3.79. The first kappa shape index (κ1) is 17.7. The molecule has 2 heterocycles. The molecule has 134 valence electrons. The smallest absolute Gasteiger partial charge is 0.257 e. The number of rotatable bonds is 6. The summed E-state index contributed by atoms with van der Waals surface area (Å²) in [6.07, 6.45) is 5.47. The molecule has 25 heavy (non-hydrogen) atoms. The van der Waals surface area contributed by atoms with Crippen LogP contribution in [0, 0.1) is 0 Å². The van der Waals surface area contributed by atoms with E-state index in [1.165, 1.54) is 0 Å². The van der Waals surface area contributed by atoms with Gasteiger partial charge in [-0.25, -0.2) is 0 Å². The molecule has 3 rings (SSSR count). The number of nitrogens with zero attached hydrogens (tertiary/aromatic N) is 4. The van der Waals surface area contributed by atoms with Crippen LogP contribution in [-0.2, 0) is 13.0 Å². The lowest BCUT2D eigenvalue weighted by molar-refractivity contribution is 0.0726. The normalized spacial score (nSPS) is 17.1. The molecule has 1 fully saturated rings. The minimum Gasteiger partial charge on any atom is -0.496 e. The van der Waals surface area contributed by atoms with E-state index in [1.54, 1.807) is 31.6 Å². The Morgan fingerprint density at radius 3 is 3.04 bits per heavy atom. The van der Waals surface area contributed by atoms with Gasteiger partial charge in [0.25, 0.3) is 5.91 Å². The molecule has 1 aromatic heterocycles. The lowest BCUT2D eigenvalue weighted by Gasteiger charge is -2.25. The molecule has 0 aliphatic carbocycles. The molecule has 1 unspecified atom stereocenters. The van der Waals surface area contributed by atoms with Gasteiger partial charge in [-0.3, -0.25) is 4.79 Å². The van der Waals surface area contributed by atoms with Crippen molar-refractivity contribution in [3.05, 3.63) is 40.9 Å². The first-order chi connectivity index (χ1) is 12.1. The zero-order valence-electron chi connectivity index (χ0n) is 14.6. The number of amides is 1. The van der Waals surface area contributed by atoms with E-state index in [9.17, 15) is 4.79 Å². The Morgan fingerprint density at radius 2 is 2.28 bits per heavy atom. The van der Waals surface area contributed by atoms with Crippen LogP contribution >= 0.6 is 11.6 Å². The number of halogens is 1. The summed E-state index contributed by atoms with van der Waals surface area (Å²) in [6, 6.07) is 5.37. The van der Waals surface area contributed by atoms with Crippen LogP contribution < -0.4 is 4.74 Å². The van der Waals surface area contributed by atoms with Crippen molar-refractivity contribution < 1.29 is 9.53 Å². The van der Waals surface area contributed by atoms with Crippen molar-refractivity contribution in [3.63, 3.8) is 0 Å². The van der Waals surface area contributed by atoms with E-state index in [0.29, 0.717) is 16.3 Å². The summed E-state index contributed by atoms with van der Waals surface area (Å²) in [5, 5.41) is 8.70. The van der Waals surface area contributed by atoms with Crippen molar-refractivity contribution in [2.75, 3.05) is 13.7 Å². The van der Waals surface area contributed by atoms with E-state index in [2.05, 4.69) is 17.1 Å². The number of methoxy groups -OCH3 is 1. The summed E-state index contributed by atoms with van der Waals surface area (Å²) in [4.78, 5) is 15.0. The molecular weight excluding hydrogens is 340 g/mol. The van der Waals surface area contributed by atoms with Crippen LogP contribution in [0.15, 0.2) is 24.5 Å². The van der Waals surface area contributed by atoms with Crippen molar-refractivity contribution in [3.8, 4) is 5.75 Å². The van der Waals surface area contributed by atoms with Crippen molar-refractivity contribution in [1.82, 2.24) is 19.7 Å². The monoisotopic (exact) mass is 362 g/mol. The first-order valence-corrected chi connectivity index (χ1v) is 9.03. The van der Waals surface area contributed by atoms with E-state index in [-0.39, 0.29) is 11.9 Å². The molecule has 1 aromatic carbocycles. The number of likely N-dealkylation sites (tertiary alicyclic amines) is 1. The Kier molecular flexibility index (Phi) is 5.58. The number of carbonyl (C=O) groups excluding carboxylic acids is 1. The van der Waals surface area contributed by atoms with Crippen molar-refractivity contribution in [2.45, 2.75) is 45.2 Å². The van der Waals surface area contributed by atoms with Crippen LogP contribution in [0.1, 0.15) is 42.4 Å². The third-order valence-electron chi connectivity index (χ3n) is 4.77.